The van der Waals surface area contributed by atoms with Crippen LogP contribution in [0.5, 0.6) is 0 Å². The van der Waals surface area contributed by atoms with Crippen LogP contribution >= 0.6 is 0 Å². The molecule has 1 N–H and O–H groups in total. The standard InChI is InChI=1S/C17H26N2O3/c1-13-4-9-22-16(13)17(20)18-10-14-2-6-19(7-3-14)11-15-5-8-21-12-15/h4,9,14-15H,2-3,5-8,10-12H2,1H3,(H,18,20). The van der Waals surface area contributed by atoms with Crippen molar-refractivity contribution in [2.45, 2.75) is 26.2 Å². The quantitative estimate of drug-likeness (QED) is 0.905. The van der Waals surface area contributed by atoms with E-state index in [1.54, 1.807) is 6.26 Å². The van der Waals surface area contributed by atoms with Crippen LogP contribution in [0.15, 0.2) is 16.7 Å². The molecule has 0 aromatic carbocycles. The van der Waals surface area contributed by atoms with Crippen LogP contribution in [0, 0.1) is 18.8 Å². The zero-order valence-electron chi connectivity index (χ0n) is 13.3. The number of piperidine rings is 1. The van der Waals surface area contributed by atoms with Crippen molar-refractivity contribution in [3.63, 3.8) is 0 Å². The van der Waals surface area contributed by atoms with E-state index in [0.717, 1.165) is 57.2 Å². The molecule has 0 radical (unpaired) electrons. The topological polar surface area (TPSA) is 54.7 Å². The molecule has 2 aliphatic rings. The van der Waals surface area contributed by atoms with Crippen LogP contribution in [0.1, 0.15) is 35.4 Å². The fraction of sp³-hybridized carbons (Fsp3) is 0.706. The summed E-state index contributed by atoms with van der Waals surface area (Å²) in [4.78, 5) is 14.6. The number of ether oxygens (including phenoxy) is 1. The molecule has 5 heteroatoms. The summed E-state index contributed by atoms with van der Waals surface area (Å²) >= 11 is 0. The number of amides is 1. The zero-order valence-corrected chi connectivity index (χ0v) is 13.3. The normalized spacial score (nSPS) is 23.8. The second kappa shape index (κ2) is 7.29. The lowest BCUT2D eigenvalue weighted by Gasteiger charge is -2.33. The molecule has 0 saturated carbocycles. The van der Waals surface area contributed by atoms with Crippen LogP contribution in [0.25, 0.3) is 0 Å². The summed E-state index contributed by atoms with van der Waals surface area (Å²) in [6.07, 6.45) is 5.09. The molecule has 3 rings (SSSR count). The maximum absolute atomic E-state index is 12.0. The van der Waals surface area contributed by atoms with E-state index in [0.29, 0.717) is 11.7 Å². The Labute approximate surface area is 132 Å². The van der Waals surface area contributed by atoms with Gasteiger partial charge in [0.2, 0.25) is 0 Å². The Bertz CT molecular complexity index is 486. The minimum absolute atomic E-state index is 0.0898. The largest absolute Gasteiger partial charge is 0.459 e. The number of rotatable bonds is 5. The average molecular weight is 306 g/mol. The second-order valence-electron chi connectivity index (χ2n) is 6.62. The van der Waals surface area contributed by atoms with Crippen LogP contribution in [0.4, 0.5) is 0 Å². The van der Waals surface area contributed by atoms with Crippen molar-refractivity contribution in [1.29, 1.82) is 0 Å². The van der Waals surface area contributed by atoms with Crippen molar-refractivity contribution in [2.24, 2.45) is 11.8 Å². The number of aryl methyl sites for hydroxylation is 1. The lowest BCUT2D eigenvalue weighted by atomic mass is 9.95. The summed E-state index contributed by atoms with van der Waals surface area (Å²) in [7, 11) is 0. The van der Waals surface area contributed by atoms with E-state index < -0.39 is 0 Å². The number of likely N-dealkylation sites (tertiary alicyclic amines) is 1. The highest BCUT2D eigenvalue weighted by Gasteiger charge is 2.24. The lowest BCUT2D eigenvalue weighted by molar-refractivity contribution is 0.0903. The van der Waals surface area contributed by atoms with Gasteiger partial charge in [0.25, 0.3) is 5.91 Å². The Balaban J connectivity index is 1.37. The van der Waals surface area contributed by atoms with E-state index in [2.05, 4.69) is 10.2 Å². The van der Waals surface area contributed by atoms with Crippen LogP contribution in [0.3, 0.4) is 0 Å². The number of hydrogen-bond donors (Lipinski definition) is 1. The zero-order chi connectivity index (χ0) is 15.4. The third kappa shape index (κ3) is 3.90. The highest BCUT2D eigenvalue weighted by atomic mass is 16.5. The van der Waals surface area contributed by atoms with Crippen LogP contribution in [-0.2, 0) is 4.74 Å². The highest BCUT2D eigenvalue weighted by molar-refractivity contribution is 5.92. The molecule has 5 nitrogen and oxygen atoms in total. The molecule has 0 bridgehead atoms. The Hall–Kier alpha value is -1.33. The first-order chi connectivity index (χ1) is 10.7. The fourth-order valence-corrected chi connectivity index (χ4v) is 3.39. The minimum atomic E-state index is -0.0898. The van der Waals surface area contributed by atoms with Crippen molar-refractivity contribution in [3.05, 3.63) is 23.7 Å². The number of nitrogens with one attached hydrogen (secondary N) is 1. The third-order valence-electron chi connectivity index (χ3n) is 4.87. The van der Waals surface area contributed by atoms with E-state index in [4.69, 9.17) is 9.15 Å². The Morgan fingerprint density at radius 2 is 2.14 bits per heavy atom. The number of carbonyl (C=O) groups is 1. The molecule has 1 atom stereocenters. The molecule has 22 heavy (non-hydrogen) atoms. The van der Waals surface area contributed by atoms with Crippen molar-refractivity contribution in [2.75, 3.05) is 39.4 Å². The number of nitrogens with zero attached hydrogens (tertiary/aromatic N) is 1. The maximum Gasteiger partial charge on any atom is 0.287 e. The van der Waals surface area contributed by atoms with Gasteiger partial charge in [-0.05, 0) is 57.2 Å². The predicted octanol–water partition coefficient (Wildman–Crippen LogP) is 2.07. The molecule has 2 saturated heterocycles. The third-order valence-corrected chi connectivity index (χ3v) is 4.87. The van der Waals surface area contributed by atoms with E-state index in [-0.39, 0.29) is 5.91 Å². The van der Waals surface area contributed by atoms with Gasteiger partial charge in [-0.3, -0.25) is 4.79 Å². The van der Waals surface area contributed by atoms with Gasteiger partial charge in [0, 0.05) is 25.3 Å². The summed E-state index contributed by atoms with van der Waals surface area (Å²) in [6, 6.07) is 1.82. The van der Waals surface area contributed by atoms with Gasteiger partial charge < -0.3 is 19.4 Å². The van der Waals surface area contributed by atoms with Gasteiger partial charge in [0.1, 0.15) is 0 Å². The number of hydrogen-bond acceptors (Lipinski definition) is 4. The van der Waals surface area contributed by atoms with Crippen molar-refractivity contribution in [3.8, 4) is 0 Å². The van der Waals surface area contributed by atoms with Gasteiger partial charge in [-0.25, -0.2) is 0 Å². The number of furan rings is 1. The van der Waals surface area contributed by atoms with Crippen LogP contribution in [-0.4, -0.2) is 50.2 Å². The van der Waals surface area contributed by atoms with E-state index in [1.807, 2.05) is 13.0 Å². The molecule has 2 fully saturated rings. The minimum Gasteiger partial charge on any atom is -0.459 e. The first-order valence-electron chi connectivity index (χ1n) is 8.35. The molecule has 1 aromatic rings. The summed E-state index contributed by atoms with van der Waals surface area (Å²) in [6.45, 7) is 7.94. The van der Waals surface area contributed by atoms with E-state index >= 15 is 0 Å². The van der Waals surface area contributed by atoms with Crippen molar-refractivity contribution >= 4 is 5.91 Å². The van der Waals surface area contributed by atoms with Gasteiger partial charge in [-0.1, -0.05) is 0 Å². The maximum atomic E-state index is 12.0. The molecule has 1 unspecified atom stereocenters. The second-order valence-corrected chi connectivity index (χ2v) is 6.62. The molecule has 0 spiro atoms. The molecule has 122 valence electrons. The molecule has 1 amide bonds. The first-order valence-corrected chi connectivity index (χ1v) is 8.35. The molecule has 0 aliphatic carbocycles. The van der Waals surface area contributed by atoms with Crippen molar-refractivity contribution < 1.29 is 13.9 Å². The smallest absolute Gasteiger partial charge is 0.287 e. The lowest BCUT2D eigenvalue weighted by Crippen LogP contribution is -2.40. The molecule has 2 aliphatic heterocycles. The molecule has 1 aromatic heterocycles. The van der Waals surface area contributed by atoms with Gasteiger partial charge in [0.05, 0.1) is 12.9 Å². The summed E-state index contributed by atoms with van der Waals surface area (Å²) in [5.41, 5.74) is 0.895. The Morgan fingerprint density at radius 3 is 2.77 bits per heavy atom. The Kier molecular flexibility index (Phi) is 5.16. The van der Waals surface area contributed by atoms with Crippen LogP contribution in [0.2, 0.25) is 0 Å². The molecular formula is C17H26N2O3. The summed E-state index contributed by atoms with van der Waals surface area (Å²) in [5, 5.41) is 3.01. The van der Waals surface area contributed by atoms with Crippen molar-refractivity contribution in [1.82, 2.24) is 10.2 Å². The molecule has 3 heterocycles. The average Bonchev–Trinajstić information content (AvgIpc) is 3.18. The van der Waals surface area contributed by atoms with Gasteiger partial charge >= 0.3 is 0 Å². The van der Waals surface area contributed by atoms with Gasteiger partial charge in [-0.15, -0.1) is 0 Å². The Morgan fingerprint density at radius 1 is 1.32 bits per heavy atom. The number of carbonyl (C=O) groups excluding carboxylic acids is 1. The summed E-state index contributed by atoms with van der Waals surface area (Å²) < 4.78 is 10.7. The highest BCUT2D eigenvalue weighted by Crippen LogP contribution is 2.20. The predicted molar refractivity (Wildman–Crippen MR) is 83.9 cm³/mol. The molecular weight excluding hydrogens is 280 g/mol. The first kappa shape index (κ1) is 15.6. The van der Waals surface area contributed by atoms with Gasteiger partial charge in [0.15, 0.2) is 5.76 Å². The van der Waals surface area contributed by atoms with E-state index in [9.17, 15) is 4.79 Å². The van der Waals surface area contributed by atoms with E-state index in [1.165, 1.54) is 13.0 Å². The fourth-order valence-electron chi connectivity index (χ4n) is 3.39. The SMILES string of the molecule is Cc1ccoc1C(=O)NCC1CCN(CC2CCOC2)CC1. The van der Waals surface area contributed by atoms with Crippen LogP contribution < -0.4 is 5.32 Å². The van der Waals surface area contributed by atoms with Gasteiger partial charge in [-0.2, -0.15) is 0 Å². The monoisotopic (exact) mass is 306 g/mol. The summed E-state index contributed by atoms with van der Waals surface area (Å²) in [5.74, 6) is 1.65.